The molecule has 0 aliphatic carbocycles. The van der Waals surface area contributed by atoms with E-state index in [0.717, 1.165) is 13.1 Å². The summed E-state index contributed by atoms with van der Waals surface area (Å²) in [5.74, 6) is 1.29. The first-order chi connectivity index (χ1) is 13.0. The Balaban J connectivity index is 1.67. The molecular weight excluding hydrogens is 340 g/mol. The zero-order chi connectivity index (χ0) is 19.4. The first-order valence-corrected chi connectivity index (χ1v) is 9.43. The van der Waals surface area contributed by atoms with Crippen LogP contribution in [-0.4, -0.2) is 50.2 Å². The Labute approximate surface area is 161 Å². The van der Waals surface area contributed by atoms with Crippen LogP contribution in [0.1, 0.15) is 29.8 Å². The van der Waals surface area contributed by atoms with Crippen LogP contribution in [0.25, 0.3) is 0 Å². The summed E-state index contributed by atoms with van der Waals surface area (Å²) in [6.07, 6.45) is 0.0511. The molecule has 1 amide bonds. The summed E-state index contributed by atoms with van der Waals surface area (Å²) in [6, 6.07) is 13.9. The maximum Gasteiger partial charge on any atom is 0.254 e. The van der Waals surface area contributed by atoms with Crippen molar-refractivity contribution in [2.45, 2.75) is 26.9 Å². The Bertz CT molecular complexity index is 796. The molecule has 0 atom stereocenters. The largest absolute Gasteiger partial charge is 0.493 e. The molecule has 1 aliphatic rings. The van der Waals surface area contributed by atoms with E-state index in [-0.39, 0.29) is 12.0 Å². The van der Waals surface area contributed by atoms with Crippen LogP contribution in [0.5, 0.6) is 11.5 Å². The second-order valence-corrected chi connectivity index (χ2v) is 7.15. The van der Waals surface area contributed by atoms with Gasteiger partial charge in [0.2, 0.25) is 0 Å². The summed E-state index contributed by atoms with van der Waals surface area (Å²) in [4.78, 5) is 17.1. The van der Waals surface area contributed by atoms with Gasteiger partial charge in [-0.25, -0.2) is 0 Å². The van der Waals surface area contributed by atoms with Gasteiger partial charge in [0.25, 0.3) is 5.91 Å². The lowest BCUT2D eigenvalue weighted by molar-refractivity contribution is 0.0746. The maximum atomic E-state index is 12.9. The molecule has 2 aromatic rings. The van der Waals surface area contributed by atoms with E-state index < -0.39 is 0 Å². The molecule has 5 heteroatoms. The number of ether oxygens (including phenoxy) is 2. The van der Waals surface area contributed by atoms with Crippen molar-refractivity contribution in [1.82, 2.24) is 4.90 Å². The van der Waals surface area contributed by atoms with Gasteiger partial charge >= 0.3 is 0 Å². The van der Waals surface area contributed by atoms with Gasteiger partial charge in [-0.15, -0.1) is 0 Å². The van der Waals surface area contributed by atoms with Gasteiger partial charge in [0.1, 0.15) is 0 Å². The average molecular weight is 368 g/mol. The first-order valence-electron chi connectivity index (χ1n) is 9.43. The lowest BCUT2D eigenvalue weighted by atomic mass is 10.1. The number of hydrogen-bond donors (Lipinski definition) is 0. The van der Waals surface area contributed by atoms with Crippen molar-refractivity contribution in [1.29, 1.82) is 0 Å². The molecular formula is C22H28N2O3. The summed E-state index contributed by atoms with van der Waals surface area (Å²) in [5, 5.41) is 0. The van der Waals surface area contributed by atoms with E-state index in [0.29, 0.717) is 30.2 Å². The molecule has 5 nitrogen and oxygen atoms in total. The van der Waals surface area contributed by atoms with Crippen LogP contribution in [0.3, 0.4) is 0 Å². The third kappa shape index (κ3) is 4.54. The predicted molar refractivity (Wildman–Crippen MR) is 108 cm³/mol. The standard InChI is InChI=1S/C22H28N2O3/c1-16(2)27-20-9-8-18(15-21(20)26-4)22(25)24-12-10-23(11-13-24)19-7-5-6-17(3)14-19/h5-9,14-16H,10-13H2,1-4H3. The van der Waals surface area contributed by atoms with Crippen molar-refractivity contribution < 1.29 is 14.3 Å². The summed E-state index contributed by atoms with van der Waals surface area (Å²) in [5.41, 5.74) is 3.10. The number of rotatable bonds is 5. The summed E-state index contributed by atoms with van der Waals surface area (Å²) in [7, 11) is 1.59. The number of piperazine rings is 1. The zero-order valence-electron chi connectivity index (χ0n) is 16.6. The second kappa shape index (κ2) is 8.33. The Kier molecular flexibility index (Phi) is 5.89. The highest BCUT2D eigenvalue weighted by molar-refractivity contribution is 5.95. The first kappa shape index (κ1) is 19.1. The van der Waals surface area contributed by atoms with E-state index in [2.05, 4.69) is 36.1 Å². The van der Waals surface area contributed by atoms with Gasteiger partial charge in [0, 0.05) is 37.4 Å². The van der Waals surface area contributed by atoms with Crippen LogP contribution < -0.4 is 14.4 Å². The van der Waals surface area contributed by atoms with E-state index in [9.17, 15) is 4.79 Å². The molecule has 27 heavy (non-hydrogen) atoms. The molecule has 1 fully saturated rings. The molecule has 0 aromatic heterocycles. The number of anilines is 1. The number of methoxy groups -OCH3 is 1. The second-order valence-electron chi connectivity index (χ2n) is 7.15. The van der Waals surface area contributed by atoms with Crippen LogP contribution in [-0.2, 0) is 0 Å². The predicted octanol–water partition coefficient (Wildman–Crippen LogP) is 3.75. The van der Waals surface area contributed by atoms with Gasteiger partial charge < -0.3 is 19.3 Å². The van der Waals surface area contributed by atoms with E-state index >= 15 is 0 Å². The van der Waals surface area contributed by atoms with Gasteiger partial charge in [-0.1, -0.05) is 12.1 Å². The fourth-order valence-corrected chi connectivity index (χ4v) is 3.33. The SMILES string of the molecule is COc1cc(C(=O)N2CCN(c3cccc(C)c3)CC2)ccc1OC(C)C. The van der Waals surface area contributed by atoms with Gasteiger partial charge in [-0.05, 0) is 56.7 Å². The number of benzene rings is 2. The average Bonchev–Trinajstić information content (AvgIpc) is 2.67. The molecule has 0 unspecified atom stereocenters. The van der Waals surface area contributed by atoms with Crippen LogP contribution >= 0.6 is 0 Å². The minimum absolute atomic E-state index is 0.0355. The van der Waals surface area contributed by atoms with Crippen LogP contribution in [0.2, 0.25) is 0 Å². The van der Waals surface area contributed by atoms with Gasteiger partial charge in [0.15, 0.2) is 11.5 Å². The van der Waals surface area contributed by atoms with Crippen molar-refractivity contribution in [2.75, 3.05) is 38.2 Å². The minimum atomic E-state index is 0.0355. The molecule has 1 saturated heterocycles. The molecule has 144 valence electrons. The smallest absolute Gasteiger partial charge is 0.254 e. The normalized spacial score (nSPS) is 14.4. The lowest BCUT2D eigenvalue weighted by Crippen LogP contribution is -2.48. The highest BCUT2D eigenvalue weighted by Gasteiger charge is 2.23. The summed E-state index contributed by atoms with van der Waals surface area (Å²) < 4.78 is 11.1. The van der Waals surface area contributed by atoms with E-state index in [1.54, 1.807) is 13.2 Å². The van der Waals surface area contributed by atoms with E-state index in [1.165, 1.54) is 11.3 Å². The Morgan fingerprint density at radius 1 is 1.00 bits per heavy atom. The molecule has 0 bridgehead atoms. The highest BCUT2D eigenvalue weighted by atomic mass is 16.5. The van der Waals surface area contributed by atoms with Crippen molar-refractivity contribution in [3.8, 4) is 11.5 Å². The van der Waals surface area contributed by atoms with Gasteiger partial charge in [-0.2, -0.15) is 0 Å². The molecule has 3 rings (SSSR count). The molecule has 0 saturated carbocycles. The zero-order valence-corrected chi connectivity index (χ0v) is 16.6. The summed E-state index contributed by atoms with van der Waals surface area (Å²) in [6.45, 7) is 9.11. The Morgan fingerprint density at radius 2 is 1.74 bits per heavy atom. The number of carbonyl (C=O) groups excluding carboxylic acids is 1. The van der Waals surface area contributed by atoms with Crippen molar-refractivity contribution in [3.05, 3.63) is 53.6 Å². The Morgan fingerprint density at radius 3 is 2.37 bits per heavy atom. The van der Waals surface area contributed by atoms with Crippen molar-refractivity contribution in [2.24, 2.45) is 0 Å². The van der Waals surface area contributed by atoms with Crippen LogP contribution in [0.15, 0.2) is 42.5 Å². The minimum Gasteiger partial charge on any atom is -0.493 e. The topological polar surface area (TPSA) is 42.0 Å². The Hall–Kier alpha value is -2.69. The van der Waals surface area contributed by atoms with E-state index in [1.807, 2.05) is 30.9 Å². The third-order valence-corrected chi connectivity index (χ3v) is 4.71. The third-order valence-electron chi connectivity index (χ3n) is 4.71. The van der Waals surface area contributed by atoms with Crippen LogP contribution in [0.4, 0.5) is 5.69 Å². The number of amides is 1. The van der Waals surface area contributed by atoms with Crippen molar-refractivity contribution in [3.63, 3.8) is 0 Å². The molecule has 0 radical (unpaired) electrons. The lowest BCUT2D eigenvalue weighted by Gasteiger charge is -2.36. The van der Waals surface area contributed by atoms with E-state index in [4.69, 9.17) is 9.47 Å². The summed E-state index contributed by atoms with van der Waals surface area (Å²) >= 11 is 0. The molecule has 2 aromatic carbocycles. The number of carbonyl (C=O) groups is 1. The molecule has 1 aliphatic heterocycles. The number of aryl methyl sites for hydroxylation is 1. The quantitative estimate of drug-likeness (QED) is 0.806. The van der Waals surface area contributed by atoms with Crippen LogP contribution in [0, 0.1) is 6.92 Å². The monoisotopic (exact) mass is 368 g/mol. The fraction of sp³-hybridized carbons (Fsp3) is 0.409. The molecule has 0 N–H and O–H groups in total. The molecule has 1 heterocycles. The number of hydrogen-bond acceptors (Lipinski definition) is 4. The highest BCUT2D eigenvalue weighted by Crippen LogP contribution is 2.29. The van der Waals surface area contributed by atoms with Crippen molar-refractivity contribution >= 4 is 11.6 Å². The number of nitrogens with zero attached hydrogens (tertiary/aromatic N) is 2. The fourth-order valence-electron chi connectivity index (χ4n) is 3.33. The maximum absolute atomic E-state index is 12.9. The van der Waals surface area contributed by atoms with Gasteiger partial charge in [-0.3, -0.25) is 4.79 Å². The van der Waals surface area contributed by atoms with Gasteiger partial charge in [0.05, 0.1) is 13.2 Å². The molecule has 0 spiro atoms.